The lowest BCUT2D eigenvalue weighted by atomic mass is 10.1. The SMILES string of the molecule is COCCCN(C(=O)c1ccccc1C)C(C)c1nc2ccccc2c(=O)n1-c1ccc(Cl)cc1. The van der Waals surface area contributed by atoms with Crippen LogP contribution in [0.3, 0.4) is 0 Å². The fraction of sp³-hybridized carbons (Fsp3) is 0.250. The minimum Gasteiger partial charge on any atom is -0.385 e. The van der Waals surface area contributed by atoms with Gasteiger partial charge in [0.25, 0.3) is 11.5 Å². The summed E-state index contributed by atoms with van der Waals surface area (Å²) in [5.41, 5.74) is 2.55. The number of nitrogens with zero attached hydrogens (tertiary/aromatic N) is 3. The van der Waals surface area contributed by atoms with Crippen LogP contribution >= 0.6 is 11.6 Å². The fourth-order valence-corrected chi connectivity index (χ4v) is 4.35. The lowest BCUT2D eigenvalue weighted by molar-refractivity contribution is 0.0657. The van der Waals surface area contributed by atoms with Gasteiger partial charge in [-0.3, -0.25) is 14.2 Å². The van der Waals surface area contributed by atoms with E-state index >= 15 is 0 Å². The maximum Gasteiger partial charge on any atom is 0.266 e. The van der Waals surface area contributed by atoms with Crippen LogP contribution in [0.5, 0.6) is 0 Å². The lowest BCUT2D eigenvalue weighted by Crippen LogP contribution is -2.38. The number of amides is 1. The highest BCUT2D eigenvalue weighted by molar-refractivity contribution is 6.30. The maximum atomic E-state index is 13.8. The molecule has 1 unspecified atom stereocenters. The number of methoxy groups -OCH3 is 1. The van der Waals surface area contributed by atoms with Gasteiger partial charge in [0.2, 0.25) is 0 Å². The number of aromatic nitrogens is 2. The zero-order valence-electron chi connectivity index (χ0n) is 20.1. The first kappa shape index (κ1) is 24.6. The van der Waals surface area contributed by atoms with E-state index in [2.05, 4.69) is 0 Å². The van der Waals surface area contributed by atoms with Crippen LogP contribution in [0.4, 0.5) is 0 Å². The standard InChI is InChI=1S/C28H28ClN3O3/c1-19-9-4-5-10-23(19)27(33)31(17-8-18-35-3)20(2)26-30-25-12-7-6-11-24(25)28(34)32(26)22-15-13-21(29)14-16-22/h4-7,9-16,20H,8,17-18H2,1-3H3. The lowest BCUT2D eigenvalue weighted by Gasteiger charge is -2.31. The molecule has 0 aliphatic rings. The second-order valence-electron chi connectivity index (χ2n) is 8.44. The van der Waals surface area contributed by atoms with E-state index in [1.54, 1.807) is 46.9 Å². The first-order valence-corrected chi connectivity index (χ1v) is 11.9. The van der Waals surface area contributed by atoms with Gasteiger partial charge in [-0.15, -0.1) is 0 Å². The molecule has 35 heavy (non-hydrogen) atoms. The average molecular weight is 490 g/mol. The Morgan fingerprint density at radius 1 is 1.06 bits per heavy atom. The molecule has 0 saturated carbocycles. The summed E-state index contributed by atoms with van der Waals surface area (Å²) in [6, 6.07) is 21.3. The molecule has 1 heterocycles. The molecular formula is C28H28ClN3O3. The summed E-state index contributed by atoms with van der Waals surface area (Å²) in [6.07, 6.45) is 0.650. The van der Waals surface area contributed by atoms with Gasteiger partial charge in [-0.1, -0.05) is 41.9 Å². The van der Waals surface area contributed by atoms with Gasteiger partial charge in [0.1, 0.15) is 5.82 Å². The molecule has 0 aliphatic heterocycles. The number of hydrogen-bond acceptors (Lipinski definition) is 4. The Morgan fingerprint density at radius 2 is 1.74 bits per heavy atom. The van der Waals surface area contributed by atoms with Crippen LogP contribution in [0.1, 0.15) is 41.1 Å². The number of ether oxygens (including phenoxy) is 1. The number of carbonyl (C=O) groups is 1. The van der Waals surface area contributed by atoms with Crippen LogP contribution < -0.4 is 5.56 Å². The highest BCUT2D eigenvalue weighted by Gasteiger charge is 2.28. The first-order valence-electron chi connectivity index (χ1n) is 11.6. The number of fused-ring (bicyclic) bond motifs is 1. The van der Waals surface area contributed by atoms with Crippen molar-refractivity contribution in [3.8, 4) is 5.69 Å². The van der Waals surface area contributed by atoms with E-state index < -0.39 is 6.04 Å². The average Bonchev–Trinajstić information content (AvgIpc) is 2.87. The molecule has 4 aromatic rings. The van der Waals surface area contributed by atoms with E-state index in [1.807, 2.05) is 56.3 Å². The number of hydrogen-bond donors (Lipinski definition) is 0. The van der Waals surface area contributed by atoms with Crippen LogP contribution in [0.2, 0.25) is 5.02 Å². The van der Waals surface area contributed by atoms with Crippen molar-refractivity contribution in [3.63, 3.8) is 0 Å². The van der Waals surface area contributed by atoms with Crippen molar-refractivity contribution in [2.45, 2.75) is 26.3 Å². The van der Waals surface area contributed by atoms with Crippen LogP contribution in [0, 0.1) is 6.92 Å². The Bertz CT molecular complexity index is 1400. The third-order valence-corrected chi connectivity index (χ3v) is 6.36. The summed E-state index contributed by atoms with van der Waals surface area (Å²) in [5, 5.41) is 1.08. The van der Waals surface area contributed by atoms with Gasteiger partial charge < -0.3 is 9.64 Å². The van der Waals surface area contributed by atoms with Crippen molar-refractivity contribution in [3.05, 3.63) is 105 Å². The molecular weight excluding hydrogens is 462 g/mol. The fourth-order valence-electron chi connectivity index (χ4n) is 4.23. The van der Waals surface area contributed by atoms with Crippen molar-refractivity contribution in [1.82, 2.24) is 14.5 Å². The maximum absolute atomic E-state index is 13.8. The van der Waals surface area contributed by atoms with Crippen molar-refractivity contribution in [2.24, 2.45) is 0 Å². The van der Waals surface area contributed by atoms with Gasteiger partial charge in [0, 0.05) is 30.8 Å². The van der Waals surface area contributed by atoms with Gasteiger partial charge >= 0.3 is 0 Å². The monoisotopic (exact) mass is 489 g/mol. The number of aryl methyl sites for hydroxylation is 1. The smallest absolute Gasteiger partial charge is 0.266 e. The quantitative estimate of drug-likeness (QED) is 0.303. The molecule has 1 atom stereocenters. The minimum atomic E-state index is -0.494. The molecule has 0 N–H and O–H groups in total. The summed E-state index contributed by atoms with van der Waals surface area (Å²) in [4.78, 5) is 34.1. The van der Waals surface area contributed by atoms with Gasteiger partial charge in [-0.2, -0.15) is 0 Å². The Balaban J connectivity index is 1.89. The predicted octanol–water partition coefficient (Wildman–Crippen LogP) is 5.59. The Kier molecular flexibility index (Phi) is 7.63. The Morgan fingerprint density at radius 3 is 2.46 bits per heavy atom. The van der Waals surface area contributed by atoms with Crippen LogP contribution in [-0.4, -0.2) is 40.6 Å². The second kappa shape index (κ2) is 10.8. The first-order chi connectivity index (χ1) is 16.9. The molecule has 0 spiro atoms. The molecule has 4 rings (SSSR count). The van der Waals surface area contributed by atoms with Crippen LogP contribution in [0.15, 0.2) is 77.6 Å². The molecule has 1 aromatic heterocycles. The van der Waals surface area contributed by atoms with E-state index in [4.69, 9.17) is 21.3 Å². The molecule has 0 radical (unpaired) electrons. The van der Waals surface area contributed by atoms with E-state index in [0.29, 0.717) is 52.6 Å². The number of carbonyl (C=O) groups excluding carboxylic acids is 1. The summed E-state index contributed by atoms with van der Waals surface area (Å²) in [5.74, 6) is 0.368. The van der Waals surface area contributed by atoms with Crippen LogP contribution in [0.25, 0.3) is 16.6 Å². The molecule has 0 aliphatic carbocycles. The summed E-state index contributed by atoms with van der Waals surface area (Å²) in [7, 11) is 1.64. The third-order valence-electron chi connectivity index (χ3n) is 6.11. The van der Waals surface area contributed by atoms with Gasteiger partial charge in [0.05, 0.1) is 22.6 Å². The number of halogens is 1. The second-order valence-corrected chi connectivity index (χ2v) is 8.88. The number of rotatable bonds is 8. The molecule has 0 saturated heterocycles. The Hall–Kier alpha value is -3.48. The topological polar surface area (TPSA) is 64.4 Å². The highest BCUT2D eigenvalue weighted by atomic mass is 35.5. The largest absolute Gasteiger partial charge is 0.385 e. The summed E-state index contributed by atoms with van der Waals surface area (Å²) in [6.45, 7) is 4.79. The highest BCUT2D eigenvalue weighted by Crippen LogP contribution is 2.26. The summed E-state index contributed by atoms with van der Waals surface area (Å²) >= 11 is 6.11. The third kappa shape index (κ3) is 5.14. The zero-order chi connectivity index (χ0) is 24.9. The molecule has 6 nitrogen and oxygen atoms in total. The molecule has 3 aromatic carbocycles. The number of benzene rings is 3. The molecule has 0 bridgehead atoms. The van der Waals surface area contributed by atoms with Gasteiger partial charge in [-0.25, -0.2) is 4.98 Å². The van der Waals surface area contributed by atoms with Gasteiger partial charge in [-0.05, 0) is 68.3 Å². The molecule has 7 heteroatoms. The minimum absolute atomic E-state index is 0.114. The van der Waals surface area contributed by atoms with Crippen molar-refractivity contribution < 1.29 is 9.53 Å². The van der Waals surface area contributed by atoms with Gasteiger partial charge in [0.15, 0.2) is 0 Å². The molecule has 0 fully saturated rings. The number of para-hydroxylation sites is 1. The van der Waals surface area contributed by atoms with E-state index in [0.717, 1.165) is 5.56 Å². The van der Waals surface area contributed by atoms with Crippen molar-refractivity contribution in [2.75, 3.05) is 20.3 Å². The van der Waals surface area contributed by atoms with E-state index in [1.165, 1.54) is 0 Å². The molecule has 1 amide bonds. The van der Waals surface area contributed by atoms with E-state index in [-0.39, 0.29) is 11.5 Å². The normalized spacial score (nSPS) is 12.0. The van der Waals surface area contributed by atoms with Crippen molar-refractivity contribution >= 4 is 28.4 Å². The Labute approximate surface area is 209 Å². The summed E-state index contributed by atoms with van der Waals surface area (Å²) < 4.78 is 6.83. The predicted molar refractivity (Wildman–Crippen MR) is 139 cm³/mol. The zero-order valence-corrected chi connectivity index (χ0v) is 20.8. The van der Waals surface area contributed by atoms with Crippen molar-refractivity contribution in [1.29, 1.82) is 0 Å². The van der Waals surface area contributed by atoms with E-state index in [9.17, 15) is 9.59 Å². The molecule has 180 valence electrons. The van der Waals surface area contributed by atoms with Crippen LogP contribution in [-0.2, 0) is 4.74 Å².